The van der Waals surface area contributed by atoms with Crippen molar-refractivity contribution in [2.75, 3.05) is 13.1 Å². The highest BCUT2D eigenvalue weighted by Crippen LogP contribution is 2.30. The fraction of sp³-hybridized carbons (Fsp3) is 0.538. The maximum atomic E-state index is 5.67. The van der Waals surface area contributed by atoms with E-state index in [4.69, 9.17) is 8.83 Å². The van der Waals surface area contributed by atoms with Crippen molar-refractivity contribution in [2.45, 2.75) is 34.1 Å². The number of hydrogen-bond donors (Lipinski definition) is 1. The first-order valence-corrected chi connectivity index (χ1v) is 6.23. The molecule has 0 bridgehead atoms. The molecule has 1 N–H and O–H groups in total. The SMILES string of the molecule is CCNCCc1nnc(-c2c(C)oc(C)c2C)o1. The predicted molar refractivity (Wildman–Crippen MR) is 68.5 cm³/mol. The molecule has 0 amide bonds. The largest absolute Gasteiger partial charge is 0.466 e. The first kappa shape index (κ1) is 12.8. The van der Waals surface area contributed by atoms with Gasteiger partial charge in [0, 0.05) is 18.5 Å². The number of nitrogens with zero attached hydrogens (tertiary/aromatic N) is 2. The van der Waals surface area contributed by atoms with E-state index in [1.165, 1.54) is 0 Å². The number of aromatic nitrogens is 2. The van der Waals surface area contributed by atoms with Crippen LogP contribution in [0.2, 0.25) is 0 Å². The molecule has 18 heavy (non-hydrogen) atoms. The van der Waals surface area contributed by atoms with Crippen molar-refractivity contribution in [1.29, 1.82) is 0 Å². The van der Waals surface area contributed by atoms with Crippen LogP contribution in [-0.2, 0) is 6.42 Å². The minimum Gasteiger partial charge on any atom is -0.466 e. The molecule has 2 heterocycles. The molecule has 0 aliphatic heterocycles. The van der Waals surface area contributed by atoms with Crippen molar-refractivity contribution in [3.8, 4) is 11.5 Å². The van der Waals surface area contributed by atoms with E-state index in [0.29, 0.717) is 11.8 Å². The lowest BCUT2D eigenvalue weighted by molar-refractivity contribution is 0.488. The quantitative estimate of drug-likeness (QED) is 0.824. The van der Waals surface area contributed by atoms with Crippen LogP contribution in [0.4, 0.5) is 0 Å². The Hall–Kier alpha value is -1.62. The van der Waals surface area contributed by atoms with E-state index in [1.807, 2.05) is 20.8 Å². The van der Waals surface area contributed by atoms with E-state index in [9.17, 15) is 0 Å². The Balaban J connectivity index is 2.19. The summed E-state index contributed by atoms with van der Waals surface area (Å²) >= 11 is 0. The van der Waals surface area contributed by atoms with Gasteiger partial charge in [-0.25, -0.2) is 0 Å². The highest BCUT2D eigenvalue weighted by atomic mass is 16.4. The van der Waals surface area contributed by atoms with Crippen LogP contribution in [0.1, 0.15) is 29.9 Å². The summed E-state index contributed by atoms with van der Waals surface area (Å²) in [4.78, 5) is 0. The Morgan fingerprint density at radius 2 is 1.83 bits per heavy atom. The van der Waals surface area contributed by atoms with Crippen LogP contribution in [0, 0.1) is 20.8 Å². The molecular weight excluding hydrogens is 230 g/mol. The molecule has 0 radical (unpaired) electrons. The molecule has 5 nitrogen and oxygen atoms in total. The molecule has 0 atom stereocenters. The van der Waals surface area contributed by atoms with Gasteiger partial charge in [-0.05, 0) is 27.3 Å². The zero-order valence-corrected chi connectivity index (χ0v) is 11.3. The molecule has 0 aromatic carbocycles. The van der Waals surface area contributed by atoms with E-state index >= 15 is 0 Å². The van der Waals surface area contributed by atoms with E-state index in [2.05, 4.69) is 22.4 Å². The normalized spacial score (nSPS) is 11.1. The molecule has 2 aromatic heterocycles. The third-order valence-corrected chi connectivity index (χ3v) is 3.01. The van der Waals surface area contributed by atoms with Gasteiger partial charge >= 0.3 is 0 Å². The lowest BCUT2D eigenvalue weighted by atomic mass is 10.1. The average molecular weight is 249 g/mol. The van der Waals surface area contributed by atoms with E-state index in [1.54, 1.807) is 0 Å². The van der Waals surface area contributed by atoms with Gasteiger partial charge in [-0.3, -0.25) is 0 Å². The Kier molecular flexibility index (Phi) is 3.81. The molecule has 5 heteroatoms. The topological polar surface area (TPSA) is 64.1 Å². The smallest absolute Gasteiger partial charge is 0.251 e. The second kappa shape index (κ2) is 5.35. The zero-order valence-electron chi connectivity index (χ0n) is 11.3. The van der Waals surface area contributed by atoms with Gasteiger partial charge in [0.2, 0.25) is 5.89 Å². The molecule has 2 rings (SSSR count). The molecule has 0 spiro atoms. The van der Waals surface area contributed by atoms with Gasteiger partial charge < -0.3 is 14.2 Å². The Morgan fingerprint density at radius 1 is 1.06 bits per heavy atom. The number of likely N-dealkylation sites (N-methyl/N-ethyl adjacent to an activating group) is 1. The number of furan rings is 1. The number of hydrogen-bond acceptors (Lipinski definition) is 5. The van der Waals surface area contributed by atoms with Crippen molar-refractivity contribution >= 4 is 0 Å². The summed E-state index contributed by atoms with van der Waals surface area (Å²) in [6, 6.07) is 0. The van der Waals surface area contributed by atoms with E-state index < -0.39 is 0 Å². The summed E-state index contributed by atoms with van der Waals surface area (Å²) in [7, 11) is 0. The molecular formula is C13H19N3O2. The second-order valence-electron chi connectivity index (χ2n) is 4.32. The van der Waals surface area contributed by atoms with Crippen LogP contribution in [-0.4, -0.2) is 23.3 Å². The van der Waals surface area contributed by atoms with Gasteiger partial charge in [-0.1, -0.05) is 6.92 Å². The zero-order chi connectivity index (χ0) is 13.1. The molecule has 98 valence electrons. The molecule has 2 aromatic rings. The summed E-state index contributed by atoms with van der Waals surface area (Å²) in [5, 5.41) is 11.4. The van der Waals surface area contributed by atoms with Crippen molar-refractivity contribution in [2.24, 2.45) is 0 Å². The van der Waals surface area contributed by atoms with Gasteiger partial charge in [0.25, 0.3) is 5.89 Å². The third-order valence-electron chi connectivity index (χ3n) is 3.01. The van der Waals surface area contributed by atoms with Crippen LogP contribution in [0.3, 0.4) is 0 Å². The molecule has 0 aliphatic rings. The van der Waals surface area contributed by atoms with Crippen molar-refractivity contribution < 1.29 is 8.83 Å². The molecule has 0 unspecified atom stereocenters. The van der Waals surface area contributed by atoms with Crippen molar-refractivity contribution in [3.05, 3.63) is 23.0 Å². The summed E-state index contributed by atoms with van der Waals surface area (Å²) in [5.74, 6) is 2.93. The van der Waals surface area contributed by atoms with Crippen LogP contribution in [0.5, 0.6) is 0 Å². The van der Waals surface area contributed by atoms with Crippen molar-refractivity contribution in [1.82, 2.24) is 15.5 Å². The molecule has 0 fully saturated rings. The monoisotopic (exact) mass is 249 g/mol. The van der Waals surface area contributed by atoms with Gasteiger partial charge in [0.15, 0.2) is 0 Å². The average Bonchev–Trinajstić information content (AvgIpc) is 2.86. The van der Waals surface area contributed by atoms with Gasteiger partial charge in [0.1, 0.15) is 11.5 Å². The molecule has 0 saturated carbocycles. The van der Waals surface area contributed by atoms with Gasteiger partial charge in [-0.2, -0.15) is 0 Å². The minimum atomic E-state index is 0.549. The number of aryl methyl sites for hydroxylation is 2. The summed E-state index contributed by atoms with van der Waals surface area (Å²) < 4.78 is 11.2. The summed E-state index contributed by atoms with van der Waals surface area (Å²) in [6.07, 6.45) is 0.746. The summed E-state index contributed by atoms with van der Waals surface area (Å²) in [6.45, 7) is 9.72. The fourth-order valence-corrected chi connectivity index (χ4v) is 1.94. The fourth-order valence-electron chi connectivity index (χ4n) is 1.94. The Morgan fingerprint density at radius 3 is 2.44 bits per heavy atom. The first-order chi connectivity index (χ1) is 8.63. The Bertz CT molecular complexity index is 528. The van der Waals surface area contributed by atoms with Crippen LogP contribution >= 0.6 is 0 Å². The number of rotatable bonds is 5. The maximum absolute atomic E-state index is 5.67. The number of nitrogens with one attached hydrogen (secondary N) is 1. The van der Waals surface area contributed by atoms with E-state index in [-0.39, 0.29) is 0 Å². The highest BCUT2D eigenvalue weighted by molar-refractivity contribution is 5.61. The second-order valence-corrected chi connectivity index (χ2v) is 4.32. The van der Waals surface area contributed by atoms with Crippen LogP contribution in [0.25, 0.3) is 11.5 Å². The lowest BCUT2D eigenvalue weighted by Crippen LogP contribution is -2.16. The molecule has 0 saturated heterocycles. The standard InChI is InChI=1S/C13H19N3O2/c1-5-14-7-6-11-15-16-13(18-11)12-8(2)9(3)17-10(12)4/h14H,5-7H2,1-4H3. The Labute approximate surface area is 107 Å². The lowest BCUT2D eigenvalue weighted by Gasteiger charge is -1.96. The first-order valence-electron chi connectivity index (χ1n) is 6.23. The van der Waals surface area contributed by atoms with Crippen LogP contribution in [0.15, 0.2) is 8.83 Å². The third kappa shape index (κ3) is 2.46. The van der Waals surface area contributed by atoms with Crippen molar-refractivity contribution in [3.63, 3.8) is 0 Å². The van der Waals surface area contributed by atoms with Gasteiger partial charge in [-0.15, -0.1) is 10.2 Å². The predicted octanol–water partition coefficient (Wildman–Crippen LogP) is 2.41. The van der Waals surface area contributed by atoms with Crippen LogP contribution < -0.4 is 5.32 Å². The maximum Gasteiger partial charge on any atom is 0.251 e. The molecule has 0 aliphatic carbocycles. The highest BCUT2D eigenvalue weighted by Gasteiger charge is 2.18. The van der Waals surface area contributed by atoms with Gasteiger partial charge in [0.05, 0.1) is 5.56 Å². The minimum absolute atomic E-state index is 0.549. The van der Waals surface area contributed by atoms with E-state index in [0.717, 1.165) is 42.2 Å². The summed E-state index contributed by atoms with van der Waals surface area (Å²) in [5.41, 5.74) is 1.99.